The van der Waals surface area contributed by atoms with Gasteiger partial charge in [-0.3, -0.25) is 9.40 Å². The molecule has 0 aliphatic carbocycles. The van der Waals surface area contributed by atoms with Gasteiger partial charge in [0.2, 0.25) is 5.95 Å². The average molecular weight is 442 g/mol. The second-order valence-electron chi connectivity index (χ2n) is 7.50. The molecule has 0 radical (unpaired) electrons. The lowest BCUT2D eigenvalue weighted by molar-refractivity contribution is 0.598. The van der Waals surface area contributed by atoms with Gasteiger partial charge in [-0.15, -0.1) is 0 Å². The first-order valence-corrected chi connectivity index (χ1v) is 11.8. The number of hydrogen-bond acceptors (Lipinski definition) is 7. The van der Waals surface area contributed by atoms with Crippen molar-refractivity contribution in [2.45, 2.75) is 32.2 Å². The average Bonchev–Trinajstić information content (AvgIpc) is 3.08. The number of rotatable bonds is 6. The van der Waals surface area contributed by atoms with Crippen molar-refractivity contribution < 1.29 is 8.42 Å². The molecule has 0 amide bonds. The molecule has 2 aromatic heterocycles. The quantitative estimate of drug-likeness (QED) is 0.628. The van der Waals surface area contributed by atoms with Gasteiger partial charge in [-0.25, -0.2) is 18.4 Å². The Morgan fingerprint density at radius 1 is 0.968 bits per heavy atom. The summed E-state index contributed by atoms with van der Waals surface area (Å²) in [5.74, 6) is 0.599. The van der Waals surface area contributed by atoms with Crippen LogP contribution in [0.4, 0.5) is 17.3 Å². The zero-order valence-corrected chi connectivity index (χ0v) is 18.8. The van der Waals surface area contributed by atoms with Gasteiger partial charge in [0.1, 0.15) is 4.90 Å². The van der Waals surface area contributed by atoms with Crippen molar-refractivity contribution in [3.8, 4) is 0 Å². The van der Waals surface area contributed by atoms with Crippen molar-refractivity contribution in [1.29, 1.82) is 0 Å². The number of aromatic nitrogens is 4. The smallest absolute Gasteiger partial charge is 0.265 e. The highest BCUT2D eigenvalue weighted by atomic mass is 32.2. The maximum Gasteiger partial charge on any atom is 0.265 e. The largest absolute Gasteiger partial charge is 0.368 e. The van der Waals surface area contributed by atoms with Gasteiger partial charge < -0.3 is 9.80 Å². The number of benzene rings is 1. The van der Waals surface area contributed by atoms with E-state index in [1.807, 2.05) is 25.1 Å². The van der Waals surface area contributed by atoms with E-state index in [1.54, 1.807) is 18.5 Å². The molecule has 0 atom stereocenters. The third-order valence-corrected chi connectivity index (χ3v) is 7.09. The minimum atomic E-state index is -3.77. The highest BCUT2D eigenvalue weighted by Gasteiger charge is 2.25. The lowest BCUT2D eigenvalue weighted by atomic mass is 10.2. The number of nitrogens with zero attached hydrogens (tertiary/aromatic N) is 6. The molecule has 1 aliphatic rings. The van der Waals surface area contributed by atoms with Crippen molar-refractivity contribution in [3.63, 3.8) is 0 Å². The van der Waals surface area contributed by atoms with E-state index in [2.05, 4.69) is 41.7 Å². The fourth-order valence-electron chi connectivity index (χ4n) is 3.92. The number of nitrogens with one attached hydrogen (secondary N) is 1. The van der Waals surface area contributed by atoms with Crippen molar-refractivity contribution in [2.75, 3.05) is 40.7 Å². The van der Waals surface area contributed by atoms with Gasteiger partial charge in [0, 0.05) is 38.4 Å². The van der Waals surface area contributed by atoms with Crippen molar-refractivity contribution in [3.05, 3.63) is 54.1 Å². The van der Waals surface area contributed by atoms with Gasteiger partial charge in [-0.05, 0) is 32.9 Å². The van der Waals surface area contributed by atoms with E-state index < -0.39 is 10.0 Å². The predicted octanol–water partition coefficient (Wildman–Crippen LogP) is 2.44. The number of piperazine rings is 1. The molecule has 0 spiro atoms. The molecule has 10 heteroatoms. The monoisotopic (exact) mass is 441 g/mol. The maximum absolute atomic E-state index is 12.9. The number of hydrogen-bond donors (Lipinski definition) is 1. The predicted molar refractivity (Wildman–Crippen MR) is 121 cm³/mol. The fraction of sp³-hybridized carbons (Fsp3) is 0.381. The third kappa shape index (κ3) is 4.34. The first kappa shape index (κ1) is 21.1. The first-order valence-electron chi connectivity index (χ1n) is 10.3. The summed E-state index contributed by atoms with van der Waals surface area (Å²) in [5, 5.41) is 4.30. The zero-order chi connectivity index (χ0) is 22.0. The Morgan fingerprint density at radius 3 is 2.16 bits per heavy atom. The minimum absolute atomic E-state index is 0.204. The molecular weight excluding hydrogens is 414 g/mol. The molecule has 164 valence electrons. The molecule has 1 fully saturated rings. The molecule has 4 rings (SSSR count). The lowest BCUT2D eigenvalue weighted by Crippen LogP contribution is -2.47. The Bertz CT molecular complexity index is 1140. The molecule has 1 N–H and O–H groups in total. The van der Waals surface area contributed by atoms with Crippen LogP contribution in [0.15, 0.2) is 47.6 Å². The second kappa shape index (κ2) is 8.54. The minimum Gasteiger partial charge on any atom is -0.368 e. The van der Waals surface area contributed by atoms with E-state index in [0.717, 1.165) is 26.2 Å². The molecule has 1 aromatic carbocycles. The number of sulfonamides is 1. The molecule has 31 heavy (non-hydrogen) atoms. The van der Waals surface area contributed by atoms with E-state index in [0.29, 0.717) is 29.6 Å². The third-order valence-electron chi connectivity index (χ3n) is 5.46. The van der Waals surface area contributed by atoms with Crippen LogP contribution in [0.1, 0.15) is 18.3 Å². The van der Waals surface area contributed by atoms with Gasteiger partial charge in [0.05, 0.1) is 29.5 Å². The number of anilines is 3. The number of para-hydroxylation sites is 1. The standard InChI is InChI=1S/C21H27N7O2S/c1-4-28-17(3)20(16(2)24-28)31(29,30)25-18-14-22-21(23-15-18)27-12-10-26(11-13-27)19-8-6-5-7-9-19/h5-9,14-15,25H,4,10-13H2,1-3H3. The summed E-state index contributed by atoms with van der Waals surface area (Å²) in [6, 6.07) is 10.3. The topological polar surface area (TPSA) is 96.2 Å². The zero-order valence-electron chi connectivity index (χ0n) is 18.0. The van der Waals surface area contributed by atoms with Crippen LogP contribution in [-0.2, 0) is 16.6 Å². The van der Waals surface area contributed by atoms with Crippen molar-refractivity contribution in [1.82, 2.24) is 19.7 Å². The SMILES string of the molecule is CCn1nc(C)c(S(=O)(=O)Nc2cnc(N3CCN(c4ccccc4)CC3)nc2)c1C. The van der Waals surface area contributed by atoms with E-state index in [4.69, 9.17) is 0 Å². The summed E-state index contributed by atoms with van der Waals surface area (Å²) in [6.07, 6.45) is 3.02. The summed E-state index contributed by atoms with van der Waals surface area (Å²) >= 11 is 0. The van der Waals surface area contributed by atoms with E-state index in [-0.39, 0.29) is 4.90 Å². The highest BCUT2D eigenvalue weighted by molar-refractivity contribution is 7.92. The molecule has 3 aromatic rings. The molecule has 0 bridgehead atoms. The van der Waals surface area contributed by atoms with Crippen LogP contribution in [0.3, 0.4) is 0 Å². The van der Waals surface area contributed by atoms with Gasteiger partial charge in [0.25, 0.3) is 10.0 Å². The van der Waals surface area contributed by atoms with E-state index >= 15 is 0 Å². The number of aryl methyl sites for hydroxylation is 2. The Hall–Kier alpha value is -3.14. The van der Waals surface area contributed by atoms with Gasteiger partial charge in [0.15, 0.2) is 0 Å². The molecule has 0 unspecified atom stereocenters. The molecular formula is C21H27N7O2S. The Kier molecular flexibility index (Phi) is 5.81. The second-order valence-corrected chi connectivity index (χ2v) is 9.12. The molecule has 9 nitrogen and oxygen atoms in total. The van der Waals surface area contributed by atoms with Gasteiger partial charge >= 0.3 is 0 Å². The van der Waals surface area contributed by atoms with E-state index in [9.17, 15) is 8.42 Å². The van der Waals surface area contributed by atoms with Crippen LogP contribution >= 0.6 is 0 Å². The van der Waals surface area contributed by atoms with Crippen molar-refractivity contribution >= 4 is 27.3 Å². The van der Waals surface area contributed by atoms with Crippen LogP contribution in [0, 0.1) is 13.8 Å². The van der Waals surface area contributed by atoms with Crippen molar-refractivity contribution in [2.24, 2.45) is 0 Å². The first-order chi connectivity index (χ1) is 14.9. The normalized spacial score (nSPS) is 14.7. The fourth-order valence-corrected chi connectivity index (χ4v) is 5.37. The van der Waals surface area contributed by atoms with Crippen LogP contribution in [0.25, 0.3) is 0 Å². The summed E-state index contributed by atoms with van der Waals surface area (Å²) in [5.41, 5.74) is 2.63. The van der Waals surface area contributed by atoms with Gasteiger partial charge in [-0.1, -0.05) is 18.2 Å². The highest BCUT2D eigenvalue weighted by Crippen LogP contribution is 2.23. The molecule has 1 saturated heterocycles. The molecule has 3 heterocycles. The van der Waals surface area contributed by atoms with Crippen LogP contribution < -0.4 is 14.5 Å². The summed E-state index contributed by atoms with van der Waals surface area (Å²) < 4.78 is 30.0. The Balaban J connectivity index is 1.43. The van der Waals surface area contributed by atoms with Crippen LogP contribution in [0.5, 0.6) is 0 Å². The molecule has 0 saturated carbocycles. The summed E-state index contributed by atoms with van der Waals surface area (Å²) in [6.45, 7) is 9.34. The van der Waals surface area contributed by atoms with Crippen LogP contribution in [-0.4, -0.2) is 54.3 Å². The van der Waals surface area contributed by atoms with E-state index in [1.165, 1.54) is 18.1 Å². The lowest BCUT2D eigenvalue weighted by Gasteiger charge is -2.36. The van der Waals surface area contributed by atoms with Gasteiger partial charge in [-0.2, -0.15) is 5.10 Å². The maximum atomic E-state index is 12.9. The Morgan fingerprint density at radius 2 is 1.58 bits per heavy atom. The summed E-state index contributed by atoms with van der Waals surface area (Å²) in [7, 11) is -3.77. The Labute approximate surface area is 182 Å². The van der Waals surface area contributed by atoms with Crippen LogP contribution in [0.2, 0.25) is 0 Å². The summed E-state index contributed by atoms with van der Waals surface area (Å²) in [4.78, 5) is 13.4. The molecule has 1 aliphatic heterocycles.